The van der Waals surface area contributed by atoms with E-state index in [0.29, 0.717) is 16.0 Å². The minimum absolute atomic E-state index is 0.0602. The number of nitro groups is 1. The van der Waals surface area contributed by atoms with Gasteiger partial charge in [-0.25, -0.2) is 0 Å². The number of hydrogen-bond donors (Lipinski definition) is 1. The molecule has 2 aromatic rings. The Kier molecular flexibility index (Phi) is 5.01. The number of nitro benzene ring substituents is 1. The molecule has 20 heavy (non-hydrogen) atoms. The quantitative estimate of drug-likeness (QED) is 0.533. The Bertz CT molecular complexity index is 665. The monoisotopic (exact) mass is 418 g/mol. The van der Waals surface area contributed by atoms with Crippen LogP contribution in [0.15, 0.2) is 45.3 Å². The highest BCUT2D eigenvalue weighted by atomic mass is 79.9. The molecule has 1 N–H and O–H groups in total. The Morgan fingerprint density at radius 2 is 1.95 bits per heavy atom. The predicted octanol–water partition coefficient (Wildman–Crippen LogP) is 5.39. The first-order valence-electron chi connectivity index (χ1n) is 5.58. The van der Waals surface area contributed by atoms with Crippen LogP contribution in [-0.2, 0) is 6.54 Å². The van der Waals surface area contributed by atoms with Gasteiger partial charge in [0.05, 0.1) is 9.95 Å². The van der Waals surface area contributed by atoms with Gasteiger partial charge in [0, 0.05) is 33.3 Å². The molecule has 0 aliphatic carbocycles. The van der Waals surface area contributed by atoms with E-state index in [1.807, 2.05) is 18.2 Å². The zero-order valence-corrected chi connectivity index (χ0v) is 14.0. The molecule has 0 saturated carbocycles. The number of nitrogens with zero attached hydrogens (tertiary/aromatic N) is 1. The van der Waals surface area contributed by atoms with Crippen molar-refractivity contribution in [2.24, 2.45) is 0 Å². The van der Waals surface area contributed by atoms with Crippen LogP contribution in [0, 0.1) is 10.1 Å². The van der Waals surface area contributed by atoms with Crippen LogP contribution in [0.5, 0.6) is 0 Å². The lowest BCUT2D eigenvalue weighted by molar-refractivity contribution is -0.385. The number of benzene rings is 2. The summed E-state index contributed by atoms with van der Waals surface area (Å²) in [6.45, 7) is 0.470. The Morgan fingerprint density at radius 3 is 2.60 bits per heavy atom. The average molecular weight is 420 g/mol. The Hall–Kier alpha value is -1.11. The molecular formula is C13H9Br2ClN2O2. The molecule has 0 amide bonds. The molecule has 7 heteroatoms. The third-order valence-electron chi connectivity index (χ3n) is 2.57. The lowest BCUT2D eigenvalue weighted by Gasteiger charge is -2.08. The zero-order chi connectivity index (χ0) is 14.7. The van der Waals surface area contributed by atoms with Gasteiger partial charge >= 0.3 is 0 Å². The summed E-state index contributed by atoms with van der Waals surface area (Å²) in [4.78, 5) is 10.4. The third-order valence-corrected chi connectivity index (χ3v) is 4.26. The van der Waals surface area contributed by atoms with Crippen LogP contribution in [0.3, 0.4) is 0 Å². The summed E-state index contributed by atoms with van der Waals surface area (Å²) in [5.74, 6) is 0. The van der Waals surface area contributed by atoms with Gasteiger partial charge in [0.15, 0.2) is 0 Å². The molecule has 0 heterocycles. The second kappa shape index (κ2) is 6.56. The lowest BCUT2D eigenvalue weighted by Crippen LogP contribution is -2.00. The fourth-order valence-electron chi connectivity index (χ4n) is 1.65. The highest BCUT2D eigenvalue weighted by Crippen LogP contribution is 2.26. The standard InChI is InChI=1S/C13H9Br2ClN2O2/c14-9-3-8(4-11(5-9)18(19)20)7-17-10-1-2-12(15)13(16)6-10/h1-6,17H,7H2. The molecule has 0 spiro atoms. The van der Waals surface area contributed by atoms with E-state index in [9.17, 15) is 10.1 Å². The molecule has 0 aliphatic heterocycles. The summed E-state index contributed by atoms with van der Waals surface area (Å²) < 4.78 is 1.50. The van der Waals surface area contributed by atoms with Crippen molar-refractivity contribution >= 4 is 54.8 Å². The fraction of sp³-hybridized carbons (Fsp3) is 0.0769. The van der Waals surface area contributed by atoms with Crippen molar-refractivity contribution in [2.45, 2.75) is 6.54 Å². The molecule has 2 aromatic carbocycles. The number of hydrogen-bond acceptors (Lipinski definition) is 3. The normalized spacial score (nSPS) is 10.3. The first kappa shape index (κ1) is 15.3. The molecular weight excluding hydrogens is 411 g/mol. The van der Waals surface area contributed by atoms with Crippen LogP contribution >= 0.6 is 43.5 Å². The maximum absolute atomic E-state index is 10.8. The summed E-state index contributed by atoms with van der Waals surface area (Å²) in [7, 11) is 0. The van der Waals surface area contributed by atoms with Gasteiger partial charge in [0.1, 0.15) is 0 Å². The molecule has 0 aromatic heterocycles. The van der Waals surface area contributed by atoms with Gasteiger partial charge in [-0.15, -0.1) is 0 Å². The van der Waals surface area contributed by atoms with E-state index in [1.165, 1.54) is 12.1 Å². The highest BCUT2D eigenvalue weighted by molar-refractivity contribution is 9.10. The second-order valence-electron chi connectivity index (χ2n) is 4.06. The van der Waals surface area contributed by atoms with Crippen molar-refractivity contribution in [3.05, 3.63) is 66.0 Å². The number of anilines is 1. The smallest absolute Gasteiger partial charge is 0.270 e. The Balaban J connectivity index is 2.14. The van der Waals surface area contributed by atoms with E-state index in [1.54, 1.807) is 6.07 Å². The van der Waals surface area contributed by atoms with E-state index in [2.05, 4.69) is 37.2 Å². The molecule has 0 atom stereocenters. The number of nitrogens with one attached hydrogen (secondary N) is 1. The number of non-ortho nitro benzene ring substituents is 1. The molecule has 0 bridgehead atoms. The van der Waals surface area contributed by atoms with Crippen molar-refractivity contribution in [3.8, 4) is 0 Å². The first-order valence-corrected chi connectivity index (χ1v) is 7.55. The summed E-state index contributed by atoms with van der Waals surface area (Å²) >= 11 is 12.6. The van der Waals surface area contributed by atoms with Gasteiger partial charge in [-0.1, -0.05) is 27.5 Å². The number of halogens is 3. The van der Waals surface area contributed by atoms with Crippen LogP contribution in [0.2, 0.25) is 5.02 Å². The van der Waals surface area contributed by atoms with Crippen molar-refractivity contribution in [2.75, 3.05) is 5.32 Å². The summed E-state index contributed by atoms with van der Waals surface area (Å²) in [6, 6.07) is 10.4. The maximum Gasteiger partial charge on any atom is 0.270 e. The average Bonchev–Trinajstić information content (AvgIpc) is 2.39. The van der Waals surface area contributed by atoms with Crippen molar-refractivity contribution in [1.82, 2.24) is 0 Å². The largest absolute Gasteiger partial charge is 0.381 e. The van der Waals surface area contributed by atoms with Crippen LogP contribution < -0.4 is 5.32 Å². The summed E-state index contributed by atoms with van der Waals surface area (Å²) in [5, 5.41) is 14.6. The summed E-state index contributed by atoms with van der Waals surface area (Å²) in [6.07, 6.45) is 0. The van der Waals surface area contributed by atoms with E-state index >= 15 is 0 Å². The Labute approximate surface area is 137 Å². The van der Waals surface area contributed by atoms with E-state index in [-0.39, 0.29) is 5.69 Å². The van der Waals surface area contributed by atoms with Crippen molar-refractivity contribution < 1.29 is 4.92 Å². The van der Waals surface area contributed by atoms with Gasteiger partial charge < -0.3 is 5.32 Å². The molecule has 2 rings (SSSR count). The van der Waals surface area contributed by atoms with E-state index < -0.39 is 4.92 Å². The third kappa shape index (κ3) is 3.94. The molecule has 4 nitrogen and oxygen atoms in total. The minimum atomic E-state index is -0.412. The topological polar surface area (TPSA) is 55.2 Å². The molecule has 0 radical (unpaired) electrons. The zero-order valence-electron chi connectivity index (χ0n) is 10.1. The van der Waals surface area contributed by atoms with E-state index in [0.717, 1.165) is 15.7 Å². The first-order chi connectivity index (χ1) is 9.45. The summed E-state index contributed by atoms with van der Waals surface area (Å²) in [5.41, 5.74) is 1.72. The SMILES string of the molecule is O=[N+]([O-])c1cc(Br)cc(CNc2ccc(Br)c(Cl)c2)c1. The highest BCUT2D eigenvalue weighted by Gasteiger charge is 2.08. The molecule has 0 fully saturated rings. The van der Waals surface area contributed by atoms with Gasteiger partial charge in [0.2, 0.25) is 0 Å². The van der Waals surface area contributed by atoms with Gasteiger partial charge in [-0.3, -0.25) is 10.1 Å². The van der Waals surface area contributed by atoms with Crippen LogP contribution in [0.4, 0.5) is 11.4 Å². The van der Waals surface area contributed by atoms with Crippen molar-refractivity contribution in [1.29, 1.82) is 0 Å². The molecule has 0 saturated heterocycles. The van der Waals surface area contributed by atoms with Crippen LogP contribution in [0.25, 0.3) is 0 Å². The molecule has 0 unspecified atom stereocenters. The van der Waals surface area contributed by atoms with Crippen molar-refractivity contribution in [3.63, 3.8) is 0 Å². The van der Waals surface area contributed by atoms with Crippen LogP contribution in [0.1, 0.15) is 5.56 Å². The second-order valence-corrected chi connectivity index (χ2v) is 6.23. The molecule has 104 valence electrons. The minimum Gasteiger partial charge on any atom is -0.381 e. The van der Waals surface area contributed by atoms with Gasteiger partial charge in [-0.2, -0.15) is 0 Å². The van der Waals surface area contributed by atoms with Crippen LogP contribution in [-0.4, -0.2) is 4.92 Å². The predicted molar refractivity (Wildman–Crippen MR) is 87.3 cm³/mol. The number of rotatable bonds is 4. The maximum atomic E-state index is 10.8. The van der Waals surface area contributed by atoms with Gasteiger partial charge in [0.25, 0.3) is 5.69 Å². The molecule has 0 aliphatic rings. The Morgan fingerprint density at radius 1 is 1.20 bits per heavy atom. The van der Waals surface area contributed by atoms with Gasteiger partial charge in [-0.05, 0) is 45.8 Å². The fourth-order valence-corrected chi connectivity index (χ4v) is 2.61. The van der Waals surface area contributed by atoms with E-state index in [4.69, 9.17) is 11.6 Å². The lowest BCUT2D eigenvalue weighted by atomic mass is 10.2.